The molecule has 0 aliphatic heterocycles. The van der Waals surface area contributed by atoms with Crippen LogP contribution in [0.25, 0.3) is 0 Å². The predicted molar refractivity (Wildman–Crippen MR) is 66.9 cm³/mol. The molecule has 0 heteroatoms. The van der Waals surface area contributed by atoms with Crippen LogP contribution in [0.3, 0.4) is 0 Å². The average molecular weight is 208 g/mol. The maximum atomic E-state index is 2.35. The quantitative estimate of drug-likeness (QED) is 0.584. The van der Waals surface area contributed by atoms with Crippen molar-refractivity contribution >= 4 is 0 Å². The molecule has 0 radical (unpaired) electrons. The third-order valence-corrected chi connectivity index (χ3v) is 4.90. The van der Waals surface area contributed by atoms with Gasteiger partial charge in [0.1, 0.15) is 0 Å². The number of rotatable bonds is 5. The van der Waals surface area contributed by atoms with Crippen molar-refractivity contribution in [2.45, 2.75) is 77.6 Å². The first kappa shape index (κ1) is 11.5. The molecule has 0 saturated heterocycles. The van der Waals surface area contributed by atoms with Crippen LogP contribution in [0.15, 0.2) is 0 Å². The van der Waals surface area contributed by atoms with Gasteiger partial charge in [-0.15, -0.1) is 0 Å². The van der Waals surface area contributed by atoms with Gasteiger partial charge in [-0.05, 0) is 24.2 Å². The van der Waals surface area contributed by atoms with Crippen LogP contribution in [0.1, 0.15) is 77.6 Å². The molecule has 88 valence electrons. The highest BCUT2D eigenvalue weighted by atomic mass is 14.4. The maximum Gasteiger partial charge on any atom is -0.0357 e. The molecule has 0 aromatic heterocycles. The first-order chi connectivity index (χ1) is 7.42. The van der Waals surface area contributed by atoms with Crippen molar-refractivity contribution in [3.05, 3.63) is 0 Å². The molecule has 2 aliphatic carbocycles. The maximum absolute atomic E-state index is 2.35. The van der Waals surface area contributed by atoms with E-state index in [0.717, 1.165) is 17.8 Å². The van der Waals surface area contributed by atoms with Crippen molar-refractivity contribution in [1.29, 1.82) is 0 Å². The van der Waals surface area contributed by atoms with Gasteiger partial charge in [0.25, 0.3) is 0 Å². The zero-order chi connectivity index (χ0) is 10.5. The van der Waals surface area contributed by atoms with Gasteiger partial charge in [0.15, 0.2) is 0 Å². The Kier molecular flexibility index (Phi) is 4.53. The molecule has 0 amide bonds. The van der Waals surface area contributed by atoms with E-state index in [2.05, 4.69) is 6.92 Å². The highest BCUT2D eigenvalue weighted by Gasteiger charge is 2.32. The third kappa shape index (κ3) is 2.98. The molecule has 0 nitrogen and oxygen atoms in total. The summed E-state index contributed by atoms with van der Waals surface area (Å²) in [6, 6.07) is 0. The molecule has 0 N–H and O–H groups in total. The van der Waals surface area contributed by atoms with Gasteiger partial charge in [0.05, 0.1) is 0 Å². The molecule has 0 unspecified atom stereocenters. The number of hydrogen-bond acceptors (Lipinski definition) is 0. The Labute approximate surface area is 95.8 Å². The fourth-order valence-corrected chi connectivity index (χ4v) is 4.07. The molecule has 2 fully saturated rings. The van der Waals surface area contributed by atoms with Gasteiger partial charge in [-0.3, -0.25) is 0 Å². The normalized spacial score (nSPS) is 24.4. The van der Waals surface area contributed by atoms with Crippen LogP contribution >= 0.6 is 0 Å². The van der Waals surface area contributed by atoms with Crippen LogP contribution in [0.5, 0.6) is 0 Å². The minimum Gasteiger partial charge on any atom is -0.0654 e. The van der Waals surface area contributed by atoms with E-state index in [1.54, 1.807) is 32.1 Å². The minimum absolute atomic E-state index is 1.12. The smallest absolute Gasteiger partial charge is 0.0357 e. The van der Waals surface area contributed by atoms with Crippen molar-refractivity contribution in [3.8, 4) is 0 Å². The second-order valence-corrected chi connectivity index (χ2v) is 5.90. The van der Waals surface area contributed by atoms with Crippen LogP contribution in [0, 0.1) is 17.8 Å². The largest absolute Gasteiger partial charge is 0.0654 e. The molecule has 0 heterocycles. The van der Waals surface area contributed by atoms with E-state index in [4.69, 9.17) is 0 Å². The second kappa shape index (κ2) is 5.92. The van der Waals surface area contributed by atoms with Gasteiger partial charge in [-0.25, -0.2) is 0 Å². The summed E-state index contributed by atoms with van der Waals surface area (Å²) in [7, 11) is 0. The molecule has 0 spiro atoms. The van der Waals surface area contributed by atoms with Crippen LogP contribution < -0.4 is 0 Å². The number of hydrogen-bond donors (Lipinski definition) is 0. The lowest BCUT2D eigenvalue weighted by Crippen LogP contribution is -2.20. The zero-order valence-electron chi connectivity index (χ0n) is 10.5. The van der Waals surface area contributed by atoms with Gasteiger partial charge in [0.2, 0.25) is 0 Å². The summed E-state index contributed by atoms with van der Waals surface area (Å²) in [5, 5.41) is 0. The average Bonchev–Trinajstić information content (AvgIpc) is 2.90. The van der Waals surface area contributed by atoms with E-state index in [-0.39, 0.29) is 0 Å². The Hall–Kier alpha value is 0. The fourth-order valence-electron chi connectivity index (χ4n) is 4.07. The second-order valence-electron chi connectivity index (χ2n) is 5.90. The van der Waals surface area contributed by atoms with Gasteiger partial charge < -0.3 is 0 Å². The molecule has 15 heavy (non-hydrogen) atoms. The highest BCUT2D eigenvalue weighted by molar-refractivity contribution is 4.83. The summed E-state index contributed by atoms with van der Waals surface area (Å²) in [6.07, 6.45) is 16.8. The van der Waals surface area contributed by atoms with E-state index < -0.39 is 0 Å². The summed E-state index contributed by atoms with van der Waals surface area (Å²) in [6.45, 7) is 2.35. The molecule has 0 atom stereocenters. The Balaban J connectivity index is 1.88. The van der Waals surface area contributed by atoms with E-state index in [9.17, 15) is 0 Å². The van der Waals surface area contributed by atoms with Crippen LogP contribution in [-0.2, 0) is 0 Å². The monoisotopic (exact) mass is 208 g/mol. The Bertz CT molecular complexity index is 145. The first-order valence-corrected chi connectivity index (χ1v) is 7.42. The Morgan fingerprint density at radius 2 is 1.33 bits per heavy atom. The van der Waals surface area contributed by atoms with Crippen LogP contribution in [0.2, 0.25) is 0 Å². The number of unbranched alkanes of at least 4 members (excludes halogenated alkanes) is 1. The molecule has 0 aromatic carbocycles. The Morgan fingerprint density at radius 1 is 0.867 bits per heavy atom. The Morgan fingerprint density at radius 3 is 1.73 bits per heavy atom. The summed E-state index contributed by atoms with van der Waals surface area (Å²) in [4.78, 5) is 0. The summed E-state index contributed by atoms with van der Waals surface area (Å²) in [5.74, 6) is 3.37. The zero-order valence-corrected chi connectivity index (χ0v) is 10.5. The van der Waals surface area contributed by atoms with E-state index in [0.29, 0.717) is 0 Å². The van der Waals surface area contributed by atoms with Crippen molar-refractivity contribution in [3.63, 3.8) is 0 Å². The van der Waals surface area contributed by atoms with Crippen LogP contribution in [-0.4, -0.2) is 0 Å². The lowest BCUT2D eigenvalue weighted by Gasteiger charge is -2.29. The van der Waals surface area contributed by atoms with E-state index in [1.807, 2.05) is 0 Å². The van der Waals surface area contributed by atoms with Gasteiger partial charge >= 0.3 is 0 Å². The first-order valence-electron chi connectivity index (χ1n) is 7.42. The molecular weight excluding hydrogens is 180 g/mol. The summed E-state index contributed by atoms with van der Waals surface area (Å²) in [5.41, 5.74) is 0. The standard InChI is InChI=1S/C15H28/c1-2-3-12-15(13-8-4-5-9-13)14-10-6-7-11-14/h13-15H,2-12H2,1H3. The third-order valence-electron chi connectivity index (χ3n) is 4.90. The SMILES string of the molecule is CCCCC(C1CCCC1)C1CCCC1. The minimum atomic E-state index is 1.12. The van der Waals surface area contributed by atoms with Crippen molar-refractivity contribution in [2.75, 3.05) is 0 Å². The fraction of sp³-hybridized carbons (Fsp3) is 1.00. The lowest BCUT2D eigenvalue weighted by atomic mass is 9.76. The molecule has 0 aromatic rings. The molecule has 0 bridgehead atoms. The summed E-state index contributed by atoms with van der Waals surface area (Å²) < 4.78 is 0. The molecule has 2 saturated carbocycles. The summed E-state index contributed by atoms with van der Waals surface area (Å²) >= 11 is 0. The molecule has 2 rings (SSSR count). The lowest BCUT2D eigenvalue weighted by molar-refractivity contribution is 0.211. The van der Waals surface area contributed by atoms with E-state index >= 15 is 0 Å². The predicted octanol–water partition coefficient (Wildman–Crippen LogP) is 5.17. The van der Waals surface area contributed by atoms with Gasteiger partial charge in [-0.2, -0.15) is 0 Å². The topological polar surface area (TPSA) is 0 Å². The van der Waals surface area contributed by atoms with Crippen molar-refractivity contribution in [2.24, 2.45) is 17.8 Å². The highest BCUT2D eigenvalue weighted by Crippen LogP contribution is 2.43. The van der Waals surface area contributed by atoms with Gasteiger partial charge in [0, 0.05) is 0 Å². The van der Waals surface area contributed by atoms with E-state index in [1.165, 1.54) is 38.5 Å². The molecule has 2 aliphatic rings. The van der Waals surface area contributed by atoms with Gasteiger partial charge in [-0.1, -0.05) is 71.1 Å². The van der Waals surface area contributed by atoms with Crippen molar-refractivity contribution in [1.82, 2.24) is 0 Å². The molecular formula is C15H28. The van der Waals surface area contributed by atoms with Crippen LogP contribution in [0.4, 0.5) is 0 Å². The van der Waals surface area contributed by atoms with Crippen molar-refractivity contribution < 1.29 is 0 Å².